The highest BCUT2D eigenvalue weighted by molar-refractivity contribution is 5.82. The van der Waals surface area contributed by atoms with Gasteiger partial charge >= 0.3 is 0 Å². The summed E-state index contributed by atoms with van der Waals surface area (Å²) in [6.45, 7) is 3.40. The molecular weight excluding hydrogens is 196 g/mol. The third kappa shape index (κ3) is 8.08. The molecule has 0 saturated heterocycles. The zero-order valence-corrected chi connectivity index (χ0v) is 9.71. The van der Waals surface area contributed by atoms with Crippen LogP contribution in [0.1, 0.15) is 13.3 Å². The van der Waals surface area contributed by atoms with E-state index in [9.17, 15) is 9.59 Å². The molecule has 0 fully saturated rings. The summed E-state index contributed by atoms with van der Waals surface area (Å²) in [5.74, 6) is 0.0562. The normalized spacial score (nSPS) is 10.4. The van der Waals surface area contributed by atoms with Gasteiger partial charge in [-0.2, -0.15) is 0 Å². The maximum atomic E-state index is 11.3. The molecule has 5 nitrogen and oxygen atoms in total. The van der Waals surface area contributed by atoms with Crippen LogP contribution in [-0.2, 0) is 14.3 Å². The Morgan fingerprint density at radius 2 is 2.00 bits per heavy atom. The van der Waals surface area contributed by atoms with Gasteiger partial charge in [-0.25, -0.2) is 0 Å². The molecular formula is C10H20N2O3. The average molecular weight is 216 g/mol. The van der Waals surface area contributed by atoms with Gasteiger partial charge in [0.05, 0.1) is 19.7 Å². The van der Waals surface area contributed by atoms with Crippen LogP contribution in [0, 0.1) is 0 Å². The van der Waals surface area contributed by atoms with Gasteiger partial charge in [0, 0.05) is 20.1 Å². The third-order valence-corrected chi connectivity index (χ3v) is 1.88. The van der Waals surface area contributed by atoms with Gasteiger partial charge in [-0.05, 0) is 7.05 Å². The van der Waals surface area contributed by atoms with E-state index in [2.05, 4.69) is 5.32 Å². The maximum Gasteiger partial charge on any atom is 0.234 e. The van der Waals surface area contributed by atoms with Crippen LogP contribution in [0.2, 0.25) is 0 Å². The molecule has 88 valence electrons. The van der Waals surface area contributed by atoms with E-state index in [1.165, 1.54) is 0 Å². The summed E-state index contributed by atoms with van der Waals surface area (Å²) in [6.07, 6.45) is 0.510. The molecule has 5 heteroatoms. The Balaban J connectivity index is 3.62. The molecule has 0 aromatic heterocycles. The van der Waals surface area contributed by atoms with Crippen molar-refractivity contribution < 1.29 is 14.3 Å². The van der Waals surface area contributed by atoms with E-state index in [-0.39, 0.29) is 18.2 Å². The maximum absolute atomic E-state index is 11.3. The summed E-state index contributed by atoms with van der Waals surface area (Å²) in [6, 6.07) is 0. The fourth-order valence-electron chi connectivity index (χ4n) is 1.06. The van der Waals surface area contributed by atoms with Crippen molar-refractivity contribution in [2.24, 2.45) is 0 Å². The van der Waals surface area contributed by atoms with Crippen molar-refractivity contribution in [1.29, 1.82) is 0 Å². The minimum atomic E-state index is -0.0848. The van der Waals surface area contributed by atoms with Gasteiger partial charge < -0.3 is 10.1 Å². The van der Waals surface area contributed by atoms with E-state index in [1.807, 2.05) is 6.92 Å². The number of nitrogens with zero attached hydrogens (tertiary/aromatic N) is 1. The Morgan fingerprint density at radius 3 is 2.53 bits per heavy atom. The second-order valence-corrected chi connectivity index (χ2v) is 3.41. The summed E-state index contributed by atoms with van der Waals surface area (Å²) in [4.78, 5) is 24.1. The highest BCUT2D eigenvalue weighted by Gasteiger charge is 2.08. The van der Waals surface area contributed by atoms with Crippen molar-refractivity contribution in [3.63, 3.8) is 0 Å². The minimum absolute atomic E-state index is 0.0848. The molecule has 0 atom stereocenters. The lowest BCUT2D eigenvalue weighted by Gasteiger charge is -2.14. The van der Waals surface area contributed by atoms with E-state index in [1.54, 1.807) is 19.1 Å². The van der Waals surface area contributed by atoms with Gasteiger partial charge in [0.15, 0.2) is 0 Å². The lowest BCUT2D eigenvalue weighted by molar-refractivity contribution is -0.123. The molecule has 15 heavy (non-hydrogen) atoms. The van der Waals surface area contributed by atoms with Crippen LogP contribution in [0.3, 0.4) is 0 Å². The summed E-state index contributed by atoms with van der Waals surface area (Å²) in [5.41, 5.74) is 0. The molecule has 0 bridgehead atoms. The van der Waals surface area contributed by atoms with Crippen LogP contribution >= 0.6 is 0 Å². The number of methoxy groups -OCH3 is 1. The summed E-state index contributed by atoms with van der Waals surface area (Å²) in [5, 5.41) is 2.69. The smallest absolute Gasteiger partial charge is 0.234 e. The Kier molecular flexibility index (Phi) is 7.85. The molecule has 0 rings (SSSR count). The first kappa shape index (κ1) is 14.1. The van der Waals surface area contributed by atoms with E-state index < -0.39 is 0 Å². The van der Waals surface area contributed by atoms with Crippen LogP contribution in [0.15, 0.2) is 0 Å². The topological polar surface area (TPSA) is 58.6 Å². The zero-order valence-electron chi connectivity index (χ0n) is 9.71. The predicted molar refractivity (Wildman–Crippen MR) is 57.7 cm³/mol. The summed E-state index contributed by atoms with van der Waals surface area (Å²) >= 11 is 0. The lowest BCUT2D eigenvalue weighted by Crippen LogP contribution is -2.38. The van der Waals surface area contributed by atoms with Crippen LogP contribution in [0.5, 0.6) is 0 Å². The van der Waals surface area contributed by atoms with Crippen LogP contribution < -0.4 is 5.32 Å². The number of hydrogen-bond acceptors (Lipinski definition) is 4. The number of amides is 1. The lowest BCUT2D eigenvalue weighted by atomic mass is 10.3. The van der Waals surface area contributed by atoms with Gasteiger partial charge in [0.2, 0.25) is 5.91 Å². The molecule has 0 aliphatic rings. The standard InChI is InChI=1S/C10H20N2O3/c1-4-9(13)7-12(2)8-10(14)11-5-6-15-3/h4-8H2,1-3H3,(H,11,14). The van der Waals surface area contributed by atoms with Crippen molar-refractivity contribution >= 4 is 11.7 Å². The first-order chi connectivity index (χ1) is 7.10. The van der Waals surface area contributed by atoms with Gasteiger partial charge in [0.25, 0.3) is 0 Å². The molecule has 0 aromatic rings. The fraction of sp³-hybridized carbons (Fsp3) is 0.800. The number of carbonyl (C=O) groups is 2. The second-order valence-electron chi connectivity index (χ2n) is 3.41. The summed E-state index contributed by atoms with van der Waals surface area (Å²) < 4.78 is 4.80. The average Bonchev–Trinajstić information content (AvgIpc) is 2.17. The van der Waals surface area contributed by atoms with Crippen molar-refractivity contribution in [2.45, 2.75) is 13.3 Å². The summed E-state index contributed by atoms with van der Waals surface area (Å²) in [7, 11) is 3.33. The van der Waals surface area contributed by atoms with Crippen LogP contribution in [-0.4, -0.2) is 57.0 Å². The van der Waals surface area contributed by atoms with E-state index in [0.717, 1.165) is 0 Å². The first-order valence-electron chi connectivity index (χ1n) is 5.06. The minimum Gasteiger partial charge on any atom is -0.383 e. The van der Waals surface area contributed by atoms with Gasteiger partial charge in [-0.1, -0.05) is 6.92 Å². The van der Waals surface area contributed by atoms with Gasteiger partial charge in [-0.3, -0.25) is 14.5 Å². The van der Waals surface area contributed by atoms with Crippen molar-refractivity contribution in [1.82, 2.24) is 10.2 Å². The largest absolute Gasteiger partial charge is 0.383 e. The number of likely N-dealkylation sites (N-methyl/N-ethyl adjacent to an activating group) is 1. The van der Waals surface area contributed by atoms with E-state index >= 15 is 0 Å². The number of nitrogens with one attached hydrogen (secondary N) is 1. The van der Waals surface area contributed by atoms with E-state index in [4.69, 9.17) is 4.74 Å². The third-order valence-electron chi connectivity index (χ3n) is 1.88. The Morgan fingerprint density at radius 1 is 1.33 bits per heavy atom. The molecule has 0 unspecified atom stereocenters. The van der Waals surface area contributed by atoms with Crippen molar-refractivity contribution in [3.8, 4) is 0 Å². The molecule has 1 amide bonds. The van der Waals surface area contributed by atoms with Gasteiger partial charge in [-0.15, -0.1) is 0 Å². The van der Waals surface area contributed by atoms with Crippen LogP contribution in [0.4, 0.5) is 0 Å². The molecule has 0 aliphatic heterocycles. The Labute approximate surface area is 90.8 Å². The van der Waals surface area contributed by atoms with Crippen molar-refractivity contribution in [2.75, 3.05) is 40.4 Å². The first-order valence-corrected chi connectivity index (χ1v) is 5.06. The molecule has 0 heterocycles. The Hall–Kier alpha value is -0.940. The van der Waals surface area contributed by atoms with E-state index in [0.29, 0.717) is 26.1 Å². The molecule has 0 aliphatic carbocycles. The quantitative estimate of drug-likeness (QED) is 0.564. The fourth-order valence-corrected chi connectivity index (χ4v) is 1.06. The number of ketones is 1. The molecule has 0 radical (unpaired) electrons. The Bertz CT molecular complexity index is 207. The number of ether oxygens (including phenoxy) is 1. The number of carbonyl (C=O) groups excluding carboxylic acids is 2. The second kappa shape index (κ2) is 8.38. The monoisotopic (exact) mass is 216 g/mol. The van der Waals surface area contributed by atoms with Crippen LogP contribution in [0.25, 0.3) is 0 Å². The molecule has 0 saturated carbocycles. The van der Waals surface area contributed by atoms with Gasteiger partial charge in [0.1, 0.15) is 5.78 Å². The molecule has 0 aromatic carbocycles. The highest BCUT2D eigenvalue weighted by atomic mass is 16.5. The molecule has 1 N–H and O–H groups in total. The SMILES string of the molecule is CCC(=O)CN(C)CC(=O)NCCOC. The predicted octanol–water partition coefficient (Wildman–Crippen LogP) is -0.340. The zero-order chi connectivity index (χ0) is 11.7. The van der Waals surface area contributed by atoms with Crippen molar-refractivity contribution in [3.05, 3.63) is 0 Å². The number of hydrogen-bond donors (Lipinski definition) is 1. The molecule has 0 spiro atoms. The highest BCUT2D eigenvalue weighted by Crippen LogP contribution is 1.87. The number of Topliss-reactive ketones (excluding diaryl/α,β-unsaturated/α-hetero) is 1. The number of rotatable bonds is 8.